The largest absolute Gasteiger partial charge is 0.463 e. The van der Waals surface area contributed by atoms with Crippen LogP contribution >= 0.6 is 0 Å². The van der Waals surface area contributed by atoms with Gasteiger partial charge < -0.3 is 24.4 Å². The zero-order chi connectivity index (χ0) is 27.8. The van der Waals surface area contributed by atoms with E-state index in [1.54, 1.807) is 47.6 Å². The zero-order valence-corrected chi connectivity index (χ0v) is 23.3. The third kappa shape index (κ3) is 8.32. The number of rotatable bonds is 10. The number of hydrogen-bond donors (Lipinski definition) is 1. The first-order valence-electron chi connectivity index (χ1n) is 12.6. The molecule has 1 aromatic carbocycles. The molecule has 1 aliphatic rings. The van der Waals surface area contributed by atoms with Gasteiger partial charge in [-0.25, -0.2) is 14.4 Å². The molecule has 0 aromatic heterocycles. The Hall–Kier alpha value is -3.39. The first-order valence-corrected chi connectivity index (χ1v) is 12.6. The van der Waals surface area contributed by atoms with E-state index < -0.39 is 29.4 Å². The van der Waals surface area contributed by atoms with E-state index in [0.717, 1.165) is 0 Å². The molecular formula is C29H40N2O6. The number of ether oxygens (including phenoxy) is 3. The summed E-state index contributed by atoms with van der Waals surface area (Å²) in [5.41, 5.74) is 2.70. The Morgan fingerprint density at radius 2 is 1.59 bits per heavy atom. The predicted molar refractivity (Wildman–Crippen MR) is 143 cm³/mol. The number of nitrogens with zero attached hydrogens (tertiary/aromatic N) is 1. The second-order valence-electron chi connectivity index (χ2n) is 9.98. The summed E-state index contributed by atoms with van der Waals surface area (Å²) in [6, 6.07) is 7.35. The van der Waals surface area contributed by atoms with Crippen LogP contribution in [-0.2, 0) is 28.6 Å². The van der Waals surface area contributed by atoms with E-state index in [1.165, 1.54) is 6.08 Å². The second kappa shape index (κ2) is 13.2. The average Bonchev–Trinajstić information content (AvgIpc) is 2.80. The van der Waals surface area contributed by atoms with E-state index in [-0.39, 0.29) is 13.2 Å². The fourth-order valence-electron chi connectivity index (χ4n) is 4.09. The topological polar surface area (TPSA) is 94.2 Å². The van der Waals surface area contributed by atoms with E-state index in [4.69, 9.17) is 14.2 Å². The number of carbonyl (C=O) groups excluding carboxylic acids is 3. The number of hydrogen-bond acceptors (Lipinski definition) is 8. The van der Waals surface area contributed by atoms with Gasteiger partial charge in [-0.05, 0) is 72.8 Å². The van der Waals surface area contributed by atoms with Crippen molar-refractivity contribution in [2.24, 2.45) is 0 Å². The first-order chi connectivity index (χ1) is 17.4. The number of nitrogens with one attached hydrogen (secondary N) is 1. The van der Waals surface area contributed by atoms with Gasteiger partial charge in [0, 0.05) is 30.4 Å². The summed E-state index contributed by atoms with van der Waals surface area (Å²) >= 11 is 0. The molecule has 0 fully saturated rings. The van der Waals surface area contributed by atoms with E-state index in [1.807, 2.05) is 43.3 Å². The van der Waals surface area contributed by atoms with E-state index in [0.29, 0.717) is 46.6 Å². The molecule has 0 spiro atoms. The minimum absolute atomic E-state index is 0.188. The van der Waals surface area contributed by atoms with Crippen molar-refractivity contribution in [3.63, 3.8) is 0 Å². The molecule has 8 heteroatoms. The molecule has 1 heterocycles. The highest BCUT2D eigenvalue weighted by Gasteiger charge is 2.39. The minimum atomic E-state index is -0.754. The summed E-state index contributed by atoms with van der Waals surface area (Å²) in [6.45, 7) is 11.7. The lowest BCUT2D eigenvalue weighted by Gasteiger charge is -2.32. The monoisotopic (exact) mass is 512 g/mol. The van der Waals surface area contributed by atoms with Crippen LogP contribution in [0, 0.1) is 0 Å². The Morgan fingerprint density at radius 3 is 2.16 bits per heavy atom. The summed E-state index contributed by atoms with van der Waals surface area (Å²) in [7, 11) is 3.91. The minimum Gasteiger partial charge on any atom is -0.463 e. The van der Waals surface area contributed by atoms with Crippen molar-refractivity contribution < 1.29 is 28.6 Å². The van der Waals surface area contributed by atoms with Gasteiger partial charge in [0.1, 0.15) is 5.60 Å². The van der Waals surface area contributed by atoms with Crippen LogP contribution in [0.4, 0.5) is 0 Å². The Bertz CT molecular complexity index is 1090. The third-order valence-corrected chi connectivity index (χ3v) is 5.56. The van der Waals surface area contributed by atoms with Crippen molar-refractivity contribution in [1.29, 1.82) is 0 Å². The summed E-state index contributed by atoms with van der Waals surface area (Å²) in [5, 5.41) is 3.28. The highest BCUT2D eigenvalue weighted by molar-refractivity contribution is 6.00. The van der Waals surface area contributed by atoms with Crippen LogP contribution in [0.25, 0.3) is 6.08 Å². The Labute approximate surface area is 220 Å². The Balaban J connectivity index is 2.74. The van der Waals surface area contributed by atoms with Crippen molar-refractivity contribution in [3.8, 4) is 0 Å². The maximum atomic E-state index is 13.4. The summed E-state index contributed by atoms with van der Waals surface area (Å²) in [6.07, 6.45) is 3.54. The molecule has 0 radical (unpaired) electrons. The van der Waals surface area contributed by atoms with Crippen LogP contribution in [0.1, 0.15) is 65.0 Å². The van der Waals surface area contributed by atoms with Crippen molar-refractivity contribution in [2.75, 3.05) is 33.9 Å². The molecule has 1 aliphatic heterocycles. The Kier molecular flexibility index (Phi) is 10.7. The highest BCUT2D eigenvalue weighted by atomic mass is 16.6. The smallest absolute Gasteiger partial charge is 0.336 e. The number of carbonyl (C=O) groups is 3. The lowest BCUT2D eigenvalue weighted by Crippen LogP contribution is -2.34. The lowest BCUT2D eigenvalue weighted by atomic mass is 9.78. The van der Waals surface area contributed by atoms with Gasteiger partial charge in [-0.2, -0.15) is 0 Å². The average molecular weight is 513 g/mol. The summed E-state index contributed by atoms with van der Waals surface area (Å²) < 4.78 is 16.3. The van der Waals surface area contributed by atoms with Crippen LogP contribution in [0.3, 0.4) is 0 Å². The number of benzene rings is 1. The van der Waals surface area contributed by atoms with Crippen molar-refractivity contribution >= 4 is 24.0 Å². The molecule has 1 aromatic rings. The van der Waals surface area contributed by atoms with E-state index >= 15 is 0 Å². The second-order valence-corrected chi connectivity index (χ2v) is 9.98. The van der Waals surface area contributed by atoms with Gasteiger partial charge in [-0.15, -0.1) is 0 Å². The van der Waals surface area contributed by atoms with Crippen molar-refractivity contribution in [2.45, 2.75) is 59.5 Å². The number of dihydropyridines is 1. The number of esters is 3. The molecule has 202 valence electrons. The van der Waals surface area contributed by atoms with Crippen LogP contribution in [0.2, 0.25) is 0 Å². The van der Waals surface area contributed by atoms with Gasteiger partial charge in [0.25, 0.3) is 0 Å². The normalized spacial score (nSPS) is 16.2. The maximum absolute atomic E-state index is 13.4. The third-order valence-electron chi connectivity index (χ3n) is 5.56. The van der Waals surface area contributed by atoms with Gasteiger partial charge >= 0.3 is 17.9 Å². The molecule has 37 heavy (non-hydrogen) atoms. The van der Waals surface area contributed by atoms with Gasteiger partial charge in [-0.3, -0.25) is 0 Å². The fourth-order valence-corrected chi connectivity index (χ4v) is 4.09. The lowest BCUT2D eigenvalue weighted by molar-refractivity contribution is -0.148. The molecule has 0 aliphatic carbocycles. The molecule has 0 saturated heterocycles. The van der Waals surface area contributed by atoms with Gasteiger partial charge in [0.05, 0.1) is 30.3 Å². The molecule has 1 atom stereocenters. The van der Waals surface area contributed by atoms with Gasteiger partial charge in [0.15, 0.2) is 0 Å². The van der Waals surface area contributed by atoms with Crippen molar-refractivity contribution in [3.05, 3.63) is 64.0 Å². The fraction of sp³-hybridized carbons (Fsp3) is 0.483. The standard InChI is InChI=1S/C29H40N2O6/c1-9-35-27(33)24-19(3)30-22(17-18-31(7)8)26(28(34)36-10-2)25(24)21-14-12-11-13-20(21)15-16-23(32)37-29(4,5)6/h11-16,25,30H,9-10,17-18H2,1-8H3. The van der Waals surface area contributed by atoms with E-state index in [2.05, 4.69) is 5.32 Å². The summed E-state index contributed by atoms with van der Waals surface area (Å²) in [4.78, 5) is 41.0. The van der Waals surface area contributed by atoms with Crippen molar-refractivity contribution in [1.82, 2.24) is 10.2 Å². The quantitative estimate of drug-likeness (QED) is 0.281. The van der Waals surface area contributed by atoms with Crippen LogP contribution in [0.5, 0.6) is 0 Å². The summed E-state index contributed by atoms with van der Waals surface area (Å²) in [5.74, 6) is -2.26. The molecular weight excluding hydrogens is 472 g/mol. The predicted octanol–water partition coefficient (Wildman–Crippen LogP) is 4.33. The van der Waals surface area contributed by atoms with Crippen LogP contribution in [-0.4, -0.2) is 62.3 Å². The zero-order valence-electron chi connectivity index (χ0n) is 23.3. The SMILES string of the molecule is CCOC(=O)C1=C(C)NC(CCN(C)C)=C(C(=O)OCC)C1c1ccccc1C=CC(=O)OC(C)(C)C. The van der Waals surface area contributed by atoms with E-state index in [9.17, 15) is 14.4 Å². The molecule has 1 unspecified atom stereocenters. The number of allylic oxidation sites excluding steroid dienone is 1. The molecule has 0 bridgehead atoms. The highest BCUT2D eigenvalue weighted by Crippen LogP contribution is 2.41. The molecule has 8 nitrogen and oxygen atoms in total. The first kappa shape index (κ1) is 29.8. The Morgan fingerprint density at radius 1 is 1.00 bits per heavy atom. The molecule has 0 saturated carbocycles. The van der Waals surface area contributed by atoms with Gasteiger partial charge in [0.2, 0.25) is 0 Å². The molecule has 2 rings (SSSR count). The van der Waals surface area contributed by atoms with Crippen LogP contribution < -0.4 is 5.32 Å². The van der Waals surface area contributed by atoms with Crippen LogP contribution in [0.15, 0.2) is 52.9 Å². The maximum Gasteiger partial charge on any atom is 0.336 e. The molecule has 0 amide bonds. The van der Waals surface area contributed by atoms with Gasteiger partial charge in [-0.1, -0.05) is 24.3 Å². The molecule has 1 N–H and O–H groups in total.